The zero-order valence-corrected chi connectivity index (χ0v) is 18.0. The van der Waals surface area contributed by atoms with Crippen LogP contribution < -0.4 is 5.32 Å². The van der Waals surface area contributed by atoms with Crippen molar-refractivity contribution in [2.45, 2.75) is 38.1 Å². The standard InChI is InChI=1S/C24H27NO4S/c1-30-14-13-21(25-23(27)18-8-3-2-4-9-18)24(28)29-16-22(26)20-12-11-17-7-5-6-10-19(17)15-20/h2-4,8-9,11-12,15,21H,5-7,10,13-14,16H2,1H3,(H,25,27)/t21-/m1/s1. The Kier molecular flexibility index (Phi) is 8.08. The van der Waals surface area contributed by atoms with Crippen LogP contribution in [0.15, 0.2) is 48.5 Å². The van der Waals surface area contributed by atoms with Gasteiger partial charge in [-0.2, -0.15) is 11.8 Å². The van der Waals surface area contributed by atoms with Crippen molar-refractivity contribution in [3.05, 3.63) is 70.8 Å². The third kappa shape index (κ3) is 5.95. The Bertz CT molecular complexity index is 897. The molecule has 0 aromatic heterocycles. The van der Waals surface area contributed by atoms with Crippen LogP contribution in [0.5, 0.6) is 0 Å². The first-order valence-electron chi connectivity index (χ1n) is 10.2. The van der Waals surface area contributed by atoms with E-state index in [9.17, 15) is 14.4 Å². The first-order valence-corrected chi connectivity index (χ1v) is 11.6. The summed E-state index contributed by atoms with van der Waals surface area (Å²) in [6.07, 6.45) is 6.73. The molecule has 0 saturated carbocycles. The Morgan fingerprint density at radius 1 is 1.00 bits per heavy atom. The van der Waals surface area contributed by atoms with Crippen LogP contribution >= 0.6 is 11.8 Å². The maximum atomic E-state index is 12.6. The number of ether oxygens (including phenoxy) is 1. The number of ketones is 1. The summed E-state index contributed by atoms with van der Waals surface area (Å²) in [5, 5.41) is 2.73. The highest BCUT2D eigenvalue weighted by molar-refractivity contribution is 7.98. The predicted octanol–water partition coefficient (Wildman–Crippen LogP) is 3.84. The molecule has 5 nitrogen and oxygen atoms in total. The van der Waals surface area contributed by atoms with Gasteiger partial charge in [0.15, 0.2) is 12.4 Å². The molecular weight excluding hydrogens is 398 g/mol. The number of amides is 1. The summed E-state index contributed by atoms with van der Waals surface area (Å²) < 4.78 is 5.29. The van der Waals surface area contributed by atoms with E-state index in [0.29, 0.717) is 23.3 Å². The predicted molar refractivity (Wildman–Crippen MR) is 119 cm³/mol. The number of hydrogen-bond acceptors (Lipinski definition) is 5. The summed E-state index contributed by atoms with van der Waals surface area (Å²) >= 11 is 1.58. The SMILES string of the molecule is CSCC[C@@H](NC(=O)c1ccccc1)C(=O)OCC(=O)c1ccc2c(c1)CCCC2. The van der Waals surface area contributed by atoms with Gasteiger partial charge in [0.2, 0.25) is 0 Å². The van der Waals surface area contributed by atoms with Gasteiger partial charge in [-0.1, -0.05) is 30.3 Å². The van der Waals surface area contributed by atoms with E-state index in [-0.39, 0.29) is 18.3 Å². The first kappa shape index (κ1) is 22.1. The van der Waals surface area contributed by atoms with Gasteiger partial charge < -0.3 is 10.1 Å². The van der Waals surface area contributed by atoms with E-state index >= 15 is 0 Å². The minimum Gasteiger partial charge on any atom is -0.456 e. The number of nitrogens with one attached hydrogen (secondary N) is 1. The van der Waals surface area contributed by atoms with Crippen molar-refractivity contribution < 1.29 is 19.1 Å². The lowest BCUT2D eigenvalue weighted by atomic mass is 9.90. The van der Waals surface area contributed by atoms with Crippen LogP contribution in [0.4, 0.5) is 0 Å². The van der Waals surface area contributed by atoms with E-state index < -0.39 is 12.0 Å². The average Bonchev–Trinajstić information content (AvgIpc) is 2.80. The smallest absolute Gasteiger partial charge is 0.329 e. The van der Waals surface area contributed by atoms with E-state index in [4.69, 9.17) is 4.74 Å². The number of hydrogen-bond donors (Lipinski definition) is 1. The summed E-state index contributed by atoms with van der Waals surface area (Å²) in [5.41, 5.74) is 3.56. The Morgan fingerprint density at radius 3 is 2.47 bits per heavy atom. The van der Waals surface area contributed by atoms with Gasteiger partial charge in [-0.15, -0.1) is 0 Å². The minimum absolute atomic E-state index is 0.227. The van der Waals surface area contributed by atoms with Crippen molar-refractivity contribution in [2.24, 2.45) is 0 Å². The van der Waals surface area contributed by atoms with E-state index in [0.717, 1.165) is 19.3 Å². The molecule has 0 aliphatic heterocycles. The molecule has 0 heterocycles. The van der Waals surface area contributed by atoms with Crippen molar-refractivity contribution >= 4 is 29.4 Å². The first-order chi connectivity index (χ1) is 14.6. The second kappa shape index (κ2) is 11.0. The molecule has 0 bridgehead atoms. The lowest BCUT2D eigenvalue weighted by Crippen LogP contribution is -2.42. The number of fused-ring (bicyclic) bond motifs is 1. The van der Waals surface area contributed by atoms with Crippen molar-refractivity contribution in [2.75, 3.05) is 18.6 Å². The molecule has 2 aromatic carbocycles. The Labute approximate surface area is 181 Å². The molecule has 3 rings (SSSR count). The maximum absolute atomic E-state index is 12.6. The number of esters is 1. The van der Waals surface area contributed by atoms with Crippen molar-refractivity contribution in [3.8, 4) is 0 Å². The molecule has 1 amide bonds. The highest BCUT2D eigenvalue weighted by Crippen LogP contribution is 2.22. The lowest BCUT2D eigenvalue weighted by molar-refractivity contribution is -0.144. The molecule has 0 fully saturated rings. The molecule has 0 unspecified atom stereocenters. The van der Waals surface area contributed by atoms with Gasteiger partial charge in [0, 0.05) is 11.1 Å². The minimum atomic E-state index is -0.790. The molecule has 6 heteroatoms. The van der Waals surface area contributed by atoms with Crippen molar-refractivity contribution in [3.63, 3.8) is 0 Å². The monoisotopic (exact) mass is 425 g/mol. The normalized spacial score (nSPS) is 13.8. The highest BCUT2D eigenvalue weighted by Gasteiger charge is 2.24. The van der Waals surface area contributed by atoms with Crippen molar-refractivity contribution in [1.29, 1.82) is 0 Å². The van der Waals surface area contributed by atoms with Crippen LogP contribution in [0.1, 0.15) is 51.1 Å². The summed E-state index contributed by atoms with van der Waals surface area (Å²) in [5.74, 6) is -0.456. The van der Waals surface area contributed by atoms with E-state index in [1.165, 1.54) is 17.5 Å². The molecule has 1 aliphatic carbocycles. The number of rotatable bonds is 9. The summed E-state index contributed by atoms with van der Waals surface area (Å²) in [4.78, 5) is 37.6. The van der Waals surface area contributed by atoms with Crippen LogP contribution in [-0.2, 0) is 22.4 Å². The zero-order chi connectivity index (χ0) is 21.3. The summed E-state index contributed by atoms with van der Waals surface area (Å²) in [6, 6.07) is 13.7. The Hall–Kier alpha value is -2.60. The van der Waals surface area contributed by atoms with Gasteiger partial charge in [-0.3, -0.25) is 9.59 Å². The topological polar surface area (TPSA) is 72.5 Å². The molecule has 1 aliphatic rings. The average molecular weight is 426 g/mol. The van der Waals surface area contributed by atoms with Gasteiger partial charge in [-0.05, 0) is 73.4 Å². The van der Waals surface area contributed by atoms with Crippen LogP contribution in [-0.4, -0.2) is 42.3 Å². The molecule has 30 heavy (non-hydrogen) atoms. The fourth-order valence-electron chi connectivity index (χ4n) is 3.54. The fraction of sp³-hybridized carbons (Fsp3) is 0.375. The Morgan fingerprint density at radius 2 is 1.73 bits per heavy atom. The number of benzene rings is 2. The van der Waals surface area contributed by atoms with Crippen LogP contribution in [0, 0.1) is 0 Å². The van der Waals surface area contributed by atoms with Crippen LogP contribution in [0.25, 0.3) is 0 Å². The molecule has 2 aromatic rings. The number of Topliss-reactive ketones (excluding diaryl/α,β-unsaturated/α-hetero) is 1. The van der Waals surface area contributed by atoms with Gasteiger partial charge in [0.05, 0.1) is 0 Å². The van der Waals surface area contributed by atoms with Gasteiger partial charge in [0.25, 0.3) is 5.91 Å². The highest BCUT2D eigenvalue weighted by atomic mass is 32.2. The van der Waals surface area contributed by atoms with Gasteiger partial charge in [-0.25, -0.2) is 4.79 Å². The molecule has 0 radical (unpaired) electrons. The lowest BCUT2D eigenvalue weighted by Gasteiger charge is -2.18. The van der Waals surface area contributed by atoms with Gasteiger partial charge >= 0.3 is 5.97 Å². The quantitative estimate of drug-likeness (QED) is 0.488. The molecule has 0 spiro atoms. The van der Waals surface area contributed by atoms with Gasteiger partial charge in [0.1, 0.15) is 6.04 Å². The maximum Gasteiger partial charge on any atom is 0.329 e. The zero-order valence-electron chi connectivity index (χ0n) is 17.2. The van der Waals surface area contributed by atoms with E-state index in [1.807, 2.05) is 30.5 Å². The third-order valence-electron chi connectivity index (χ3n) is 5.25. The second-order valence-corrected chi connectivity index (χ2v) is 8.38. The van der Waals surface area contributed by atoms with Crippen LogP contribution in [0.2, 0.25) is 0 Å². The van der Waals surface area contributed by atoms with Crippen molar-refractivity contribution in [1.82, 2.24) is 5.32 Å². The Balaban J connectivity index is 1.59. The number of carbonyl (C=O) groups excluding carboxylic acids is 3. The van der Waals surface area contributed by atoms with Crippen LogP contribution in [0.3, 0.4) is 0 Å². The number of aryl methyl sites for hydroxylation is 2. The molecule has 0 saturated heterocycles. The molecular formula is C24H27NO4S. The summed E-state index contributed by atoms with van der Waals surface area (Å²) in [6.45, 7) is -0.325. The fourth-order valence-corrected chi connectivity index (χ4v) is 4.01. The number of thioether (sulfide) groups is 1. The largest absolute Gasteiger partial charge is 0.456 e. The van der Waals surface area contributed by atoms with E-state index in [2.05, 4.69) is 5.32 Å². The number of carbonyl (C=O) groups is 3. The third-order valence-corrected chi connectivity index (χ3v) is 5.90. The second-order valence-electron chi connectivity index (χ2n) is 7.40. The summed E-state index contributed by atoms with van der Waals surface area (Å²) in [7, 11) is 0. The molecule has 1 atom stereocenters. The molecule has 158 valence electrons. The molecule has 1 N–H and O–H groups in total. The van der Waals surface area contributed by atoms with E-state index in [1.54, 1.807) is 36.0 Å².